The molecule has 1 unspecified atom stereocenters. The average molecular weight is 277 g/mol. The lowest BCUT2D eigenvalue weighted by molar-refractivity contribution is 0.262. The van der Waals surface area contributed by atoms with Gasteiger partial charge in [-0.25, -0.2) is 4.39 Å². The van der Waals surface area contributed by atoms with E-state index >= 15 is 0 Å². The highest BCUT2D eigenvalue weighted by Crippen LogP contribution is 2.21. The predicted molar refractivity (Wildman–Crippen MR) is 76.6 cm³/mol. The van der Waals surface area contributed by atoms with Crippen LogP contribution in [0.3, 0.4) is 0 Å². The monoisotopic (exact) mass is 277 g/mol. The molecule has 2 rings (SSSR count). The maximum absolute atomic E-state index is 13.0. The molecule has 0 aliphatic heterocycles. The zero-order chi connectivity index (χ0) is 14.4. The Morgan fingerprint density at radius 1 is 1.35 bits per heavy atom. The van der Waals surface area contributed by atoms with Crippen molar-refractivity contribution in [1.82, 2.24) is 15.5 Å². The Morgan fingerprint density at radius 2 is 2.10 bits per heavy atom. The summed E-state index contributed by atoms with van der Waals surface area (Å²) in [7, 11) is 0. The van der Waals surface area contributed by atoms with E-state index in [9.17, 15) is 4.39 Å². The molecule has 1 aromatic carbocycles. The molecule has 1 heterocycles. The van der Waals surface area contributed by atoms with E-state index in [0.717, 1.165) is 29.7 Å². The molecule has 1 atom stereocenters. The number of nitrogens with one attached hydrogen (secondary N) is 2. The number of aliphatic hydroxyl groups excluding tert-OH is 1. The fourth-order valence-corrected chi connectivity index (χ4v) is 2.17. The van der Waals surface area contributed by atoms with Crippen LogP contribution in [0.2, 0.25) is 0 Å². The van der Waals surface area contributed by atoms with Gasteiger partial charge in [-0.1, -0.05) is 6.92 Å². The van der Waals surface area contributed by atoms with Gasteiger partial charge in [0.2, 0.25) is 0 Å². The Labute approximate surface area is 118 Å². The smallest absolute Gasteiger partial charge is 0.123 e. The normalized spacial score (nSPS) is 12.6. The maximum Gasteiger partial charge on any atom is 0.123 e. The Morgan fingerprint density at radius 3 is 2.75 bits per heavy atom. The van der Waals surface area contributed by atoms with Crippen molar-refractivity contribution in [3.8, 4) is 11.3 Å². The van der Waals surface area contributed by atoms with Gasteiger partial charge < -0.3 is 10.4 Å². The Hall–Kier alpha value is -1.72. The summed E-state index contributed by atoms with van der Waals surface area (Å²) in [5.74, 6) is -0.248. The number of rotatable bonds is 7. The lowest BCUT2D eigenvalue weighted by atomic mass is 10.1. The van der Waals surface area contributed by atoms with Gasteiger partial charge in [-0.3, -0.25) is 5.10 Å². The van der Waals surface area contributed by atoms with Crippen LogP contribution in [0, 0.1) is 5.82 Å². The molecule has 1 aromatic heterocycles. The lowest BCUT2D eigenvalue weighted by Crippen LogP contribution is -2.28. The first-order valence-electron chi connectivity index (χ1n) is 6.87. The van der Waals surface area contributed by atoms with Gasteiger partial charge in [0.15, 0.2) is 0 Å². The van der Waals surface area contributed by atoms with Crippen molar-refractivity contribution in [1.29, 1.82) is 0 Å². The van der Waals surface area contributed by atoms with E-state index in [1.165, 1.54) is 12.1 Å². The van der Waals surface area contributed by atoms with E-state index in [0.29, 0.717) is 6.54 Å². The van der Waals surface area contributed by atoms with Crippen molar-refractivity contribution in [3.05, 3.63) is 41.8 Å². The molecule has 0 aliphatic carbocycles. The topological polar surface area (TPSA) is 60.9 Å². The van der Waals surface area contributed by atoms with E-state index < -0.39 is 0 Å². The Kier molecular flexibility index (Phi) is 5.26. The fourth-order valence-electron chi connectivity index (χ4n) is 2.17. The minimum atomic E-state index is -0.248. The third kappa shape index (κ3) is 3.65. The summed E-state index contributed by atoms with van der Waals surface area (Å²) in [5, 5.41) is 19.4. The molecule has 0 fully saturated rings. The van der Waals surface area contributed by atoms with Crippen molar-refractivity contribution in [2.75, 3.05) is 6.61 Å². The summed E-state index contributed by atoms with van der Waals surface area (Å²) in [6.07, 6.45) is 3.47. The first-order chi connectivity index (χ1) is 9.74. The van der Waals surface area contributed by atoms with Gasteiger partial charge in [-0.15, -0.1) is 0 Å². The SMILES string of the molecule is CCC(CCO)NCc1cn[nH]c1-c1ccc(F)cc1. The predicted octanol–water partition coefficient (Wildman–Crippen LogP) is 2.47. The van der Waals surface area contributed by atoms with E-state index in [4.69, 9.17) is 5.11 Å². The van der Waals surface area contributed by atoms with Crippen LogP contribution in [0.25, 0.3) is 11.3 Å². The second-order valence-electron chi connectivity index (χ2n) is 4.78. The van der Waals surface area contributed by atoms with Crippen LogP contribution in [-0.4, -0.2) is 28.0 Å². The zero-order valence-electron chi connectivity index (χ0n) is 11.6. The van der Waals surface area contributed by atoms with E-state index in [2.05, 4.69) is 22.4 Å². The molecular formula is C15H20FN3O. The van der Waals surface area contributed by atoms with Crippen molar-refractivity contribution < 1.29 is 9.50 Å². The largest absolute Gasteiger partial charge is 0.396 e. The summed E-state index contributed by atoms with van der Waals surface area (Å²) in [6.45, 7) is 2.94. The highest BCUT2D eigenvalue weighted by molar-refractivity contribution is 5.62. The third-order valence-electron chi connectivity index (χ3n) is 3.40. The van der Waals surface area contributed by atoms with E-state index in [1.54, 1.807) is 18.3 Å². The second-order valence-corrected chi connectivity index (χ2v) is 4.78. The number of aromatic amines is 1. The van der Waals surface area contributed by atoms with Crippen molar-refractivity contribution >= 4 is 0 Å². The lowest BCUT2D eigenvalue weighted by Gasteiger charge is -2.15. The molecule has 0 spiro atoms. The van der Waals surface area contributed by atoms with Crippen LogP contribution in [-0.2, 0) is 6.54 Å². The molecule has 20 heavy (non-hydrogen) atoms. The summed E-state index contributed by atoms with van der Waals surface area (Å²) >= 11 is 0. The fraction of sp³-hybridized carbons (Fsp3) is 0.400. The first kappa shape index (κ1) is 14.7. The highest BCUT2D eigenvalue weighted by Gasteiger charge is 2.10. The molecule has 5 heteroatoms. The van der Waals surface area contributed by atoms with E-state index in [-0.39, 0.29) is 18.5 Å². The van der Waals surface area contributed by atoms with Crippen LogP contribution in [0.5, 0.6) is 0 Å². The molecule has 0 amide bonds. The molecule has 2 aromatic rings. The number of aliphatic hydroxyl groups is 1. The summed E-state index contributed by atoms with van der Waals surface area (Å²) < 4.78 is 13.0. The number of hydrogen-bond acceptors (Lipinski definition) is 3. The number of halogens is 1. The minimum absolute atomic E-state index is 0.182. The summed E-state index contributed by atoms with van der Waals surface area (Å²) in [5.41, 5.74) is 2.85. The molecule has 0 saturated heterocycles. The van der Waals surface area contributed by atoms with Crippen molar-refractivity contribution in [2.24, 2.45) is 0 Å². The Balaban J connectivity index is 2.07. The van der Waals surface area contributed by atoms with Crippen LogP contribution in [0.4, 0.5) is 4.39 Å². The molecule has 0 bridgehead atoms. The quantitative estimate of drug-likeness (QED) is 0.728. The molecule has 108 valence electrons. The van der Waals surface area contributed by atoms with E-state index in [1.807, 2.05) is 0 Å². The van der Waals surface area contributed by atoms with Gasteiger partial charge in [0.25, 0.3) is 0 Å². The van der Waals surface area contributed by atoms with Crippen molar-refractivity contribution in [2.45, 2.75) is 32.4 Å². The average Bonchev–Trinajstić information content (AvgIpc) is 2.92. The van der Waals surface area contributed by atoms with Gasteiger partial charge >= 0.3 is 0 Å². The summed E-state index contributed by atoms with van der Waals surface area (Å²) in [6, 6.07) is 6.63. The third-order valence-corrected chi connectivity index (χ3v) is 3.40. The molecular weight excluding hydrogens is 257 g/mol. The first-order valence-corrected chi connectivity index (χ1v) is 6.87. The summed E-state index contributed by atoms with van der Waals surface area (Å²) in [4.78, 5) is 0. The minimum Gasteiger partial charge on any atom is -0.396 e. The van der Waals surface area contributed by atoms with Crippen molar-refractivity contribution in [3.63, 3.8) is 0 Å². The number of hydrogen-bond donors (Lipinski definition) is 3. The second kappa shape index (κ2) is 7.17. The zero-order valence-corrected chi connectivity index (χ0v) is 11.6. The number of aromatic nitrogens is 2. The number of benzene rings is 1. The molecule has 3 N–H and O–H groups in total. The van der Waals surface area contributed by atoms with Gasteiger partial charge in [0.1, 0.15) is 5.82 Å². The maximum atomic E-state index is 13.0. The molecule has 0 aliphatic rings. The van der Waals surface area contributed by atoms with Crippen LogP contribution in [0.15, 0.2) is 30.5 Å². The van der Waals surface area contributed by atoms with Gasteiger partial charge in [0, 0.05) is 30.3 Å². The molecule has 0 radical (unpaired) electrons. The van der Waals surface area contributed by atoms with Crippen LogP contribution >= 0.6 is 0 Å². The van der Waals surface area contributed by atoms with Gasteiger partial charge in [0.05, 0.1) is 11.9 Å². The van der Waals surface area contributed by atoms with Gasteiger partial charge in [-0.2, -0.15) is 5.10 Å². The van der Waals surface area contributed by atoms with Crippen LogP contribution in [0.1, 0.15) is 25.3 Å². The number of H-pyrrole nitrogens is 1. The number of nitrogens with zero attached hydrogens (tertiary/aromatic N) is 1. The molecule has 0 saturated carbocycles. The van der Waals surface area contributed by atoms with Crippen LogP contribution < -0.4 is 5.32 Å². The standard InChI is InChI=1S/C15H20FN3O/c1-2-14(7-8-20)17-9-12-10-18-19-15(12)11-3-5-13(16)6-4-11/h3-6,10,14,17,20H,2,7-9H2,1H3,(H,18,19). The highest BCUT2D eigenvalue weighted by atomic mass is 19.1. The molecule has 4 nitrogen and oxygen atoms in total. The van der Waals surface area contributed by atoms with Gasteiger partial charge in [-0.05, 0) is 37.1 Å². The Bertz CT molecular complexity index is 524.